The molecule has 0 atom stereocenters. The van der Waals surface area contributed by atoms with Crippen LogP contribution in [-0.4, -0.2) is 0 Å². The zero-order valence-electron chi connectivity index (χ0n) is 55.7. The molecule has 93 heavy (non-hydrogen) atoms. The second-order valence-electron chi connectivity index (χ2n) is 29.1. The highest BCUT2D eigenvalue weighted by Gasteiger charge is 2.37. The summed E-state index contributed by atoms with van der Waals surface area (Å²) in [6.07, 6.45) is 27.4. The average molecular weight is 1240 g/mol. The smallest absolute Gasteiger partial charge is 0.0465 e. The van der Waals surface area contributed by atoms with E-state index >= 15 is 0 Å². The maximum Gasteiger partial charge on any atom is 0.0465 e. The SMILES string of the molecule is CC1(C)c2ccccc2-c2ccc(N(c3ccc(-c4ccc(C5CCCCC5)cc4)cc3)c3ccc(C4CCCCC4)cc3)cc21.CC1(C)c2ccccc2-c2ccc(Nc3ccc(C4CCCCC4)cc3)cc21.Clc1ccc(-c2ccc(C3CCCCC3)cc2)cc1. The van der Waals surface area contributed by atoms with E-state index in [1.807, 2.05) is 12.1 Å². The first-order valence-electron chi connectivity index (χ1n) is 35.8. The predicted octanol–water partition coefficient (Wildman–Crippen LogP) is 27.1. The van der Waals surface area contributed by atoms with Gasteiger partial charge < -0.3 is 10.2 Å². The van der Waals surface area contributed by atoms with Gasteiger partial charge in [-0.15, -0.1) is 0 Å². The molecule has 0 unspecified atom stereocenters. The lowest BCUT2D eigenvalue weighted by molar-refractivity contribution is 0.443. The van der Waals surface area contributed by atoms with Crippen LogP contribution in [0.15, 0.2) is 231 Å². The summed E-state index contributed by atoms with van der Waals surface area (Å²) in [7, 11) is 0. The lowest BCUT2D eigenvalue weighted by atomic mass is 9.82. The van der Waals surface area contributed by atoms with Crippen molar-refractivity contribution < 1.29 is 0 Å². The van der Waals surface area contributed by atoms with Crippen molar-refractivity contribution in [2.75, 3.05) is 10.2 Å². The predicted molar refractivity (Wildman–Crippen MR) is 398 cm³/mol. The van der Waals surface area contributed by atoms with Crippen LogP contribution in [0.2, 0.25) is 5.02 Å². The Balaban J connectivity index is 0.000000135. The van der Waals surface area contributed by atoms with Crippen molar-refractivity contribution >= 4 is 40.0 Å². The van der Waals surface area contributed by atoms with Gasteiger partial charge in [0.25, 0.3) is 0 Å². The molecule has 0 spiro atoms. The second kappa shape index (κ2) is 28.0. The Hall–Kier alpha value is -7.91. The second-order valence-corrected chi connectivity index (χ2v) is 29.6. The van der Waals surface area contributed by atoms with E-state index in [0.717, 1.165) is 22.8 Å². The fraction of sp³-hybridized carbons (Fsp3) is 0.333. The van der Waals surface area contributed by atoms with Gasteiger partial charge in [0.1, 0.15) is 0 Å². The Morgan fingerprint density at radius 2 is 0.591 bits per heavy atom. The molecule has 4 saturated carbocycles. The molecule has 0 amide bonds. The zero-order chi connectivity index (χ0) is 63.3. The maximum absolute atomic E-state index is 5.93. The first-order valence-corrected chi connectivity index (χ1v) is 36.2. The van der Waals surface area contributed by atoms with Crippen LogP contribution in [0.3, 0.4) is 0 Å². The third kappa shape index (κ3) is 13.6. The molecular weight excluding hydrogens is 1140 g/mol. The van der Waals surface area contributed by atoms with Gasteiger partial charge >= 0.3 is 0 Å². The maximum atomic E-state index is 5.93. The van der Waals surface area contributed by atoms with Gasteiger partial charge in [-0.25, -0.2) is 0 Å². The summed E-state index contributed by atoms with van der Waals surface area (Å²) in [5.74, 6) is 3.00. The van der Waals surface area contributed by atoms with Crippen LogP contribution in [0.4, 0.5) is 28.4 Å². The summed E-state index contributed by atoms with van der Waals surface area (Å²) in [4.78, 5) is 2.46. The fourth-order valence-corrected chi connectivity index (χ4v) is 17.2. The number of hydrogen-bond acceptors (Lipinski definition) is 2. The summed E-state index contributed by atoms with van der Waals surface area (Å²) in [5.41, 5.74) is 28.3. The van der Waals surface area contributed by atoms with Crippen LogP contribution in [0.1, 0.15) is 224 Å². The van der Waals surface area contributed by atoms with Crippen molar-refractivity contribution in [1.29, 1.82) is 0 Å². The molecule has 0 radical (unpaired) electrons. The first kappa shape index (κ1) is 62.5. The summed E-state index contributed by atoms with van der Waals surface area (Å²) in [5, 5.41) is 4.42. The molecular formula is C90H95ClN2. The van der Waals surface area contributed by atoms with Crippen LogP contribution in [0.25, 0.3) is 44.5 Å². The number of rotatable bonds is 11. The monoisotopic (exact) mass is 1240 g/mol. The highest BCUT2D eigenvalue weighted by Crippen LogP contribution is 2.52. The van der Waals surface area contributed by atoms with E-state index in [-0.39, 0.29) is 10.8 Å². The molecule has 3 heteroatoms. The Morgan fingerprint density at radius 1 is 0.290 bits per heavy atom. The highest BCUT2D eigenvalue weighted by molar-refractivity contribution is 6.30. The molecule has 0 heterocycles. The van der Waals surface area contributed by atoms with Gasteiger partial charge in [-0.2, -0.15) is 0 Å². The van der Waals surface area contributed by atoms with Crippen LogP contribution >= 0.6 is 11.6 Å². The zero-order valence-corrected chi connectivity index (χ0v) is 56.5. The largest absolute Gasteiger partial charge is 0.356 e. The number of nitrogens with zero attached hydrogens (tertiary/aromatic N) is 1. The van der Waals surface area contributed by atoms with Gasteiger partial charge in [-0.3, -0.25) is 0 Å². The minimum atomic E-state index is -0.0356. The molecule has 1 N–H and O–H groups in total. The summed E-state index contributed by atoms with van der Waals surface area (Å²) in [6, 6.07) is 86.2. The van der Waals surface area contributed by atoms with E-state index in [4.69, 9.17) is 11.6 Å². The molecule has 10 aromatic carbocycles. The lowest BCUT2D eigenvalue weighted by Crippen LogP contribution is -2.16. The minimum absolute atomic E-state index is 0.0356. The van der Waals surface area contributed by atoms with Crippen molar-refractivity contribution in [2.24, 2.45) is 0 Å². The molecule has 4 fully saturated rings. The van der Waals surface area contributed by atoms with Crippen molar-refractivity contribution in [2.45, 2.75) is 191 Å². The summed E-state index contributed by atoms with van der Waals surface area (Å²) < 4.78 is 0. The number of anilines is 5. The molecule has 16 rings (SSSR count). The fourth-order valence-electron chi connectivity index (χ4n) is 17.0. The number of halogens is 1. The molecule has 0 aliphatic heterocycles. The molecule has 472 valence electrons. The van der Waals surface area contributed by atoms with Crippen molar-refractivity contribution in [3.63, 3.8) is 0 Å². The van der Waals surface area contributed by atoms with E-state index in [0.29, 0.717) is 5.92 Å². The van der Waals surface area contributed by atoms with Crippen LogP contribution in [0.5, 0.6) is 0 Å². The van der Waals surface area contributed by atoms with Gasteiger partial charge in [0.15, 0.2) is 0 Å². The molecule has 0 bridgehead atoms. The molecule has 0 saturated heterocycles. The van der Waals surface area contributed by atoms with E-state index in [9.17, 15) is 0 Å². The van der Waals surface area contributed by atoms with Crippen LogP contribution < -0.4 is 10.2 Å². The van der Waals surface area contributed by atoms with Crippen LogP contribution in [0, 0.1) is 0 Å². The van der Waals surface area contributed by atoms with Gasteiger partial charge in [0.2, 0.25) is 0 Å². The van der Waals surface area contributed by atoms with E-state index in [1.165, 1.54) is 246 Å². The van der Waals surface area contributed by atoms with Gasteiger partial charge in [0.05, 0.1) is 0 Å². The number of fused-ring (bicyclic) bond motifs is 6. The normalized spacial score (nSPS) is 17.5. The van der Waals surface area contributed by atoms with E-state index in [1.54, 1.807) is 0 Å². The Morgan fingerprint density at radius 3 is 1.01 bits per heavy atom. The molecule has 2 nitrogen and oxygen atoms in total. The average Bonchev–Trinajstić information content (AvgIpc) is 1.66. The standard InChI is InChI=1S/C45H47N.C27H29N.C18H19Cl/c1-45(2)43-16-10-9-15-41(43)42-30-29-40(31-44(42)45)46(38-25-21-36(22-26-38)33-13-7-4-8-14-33)39-27-23-37(24-28-39)35-19-17-34(18-20-35)32-11-5-3-6-12-32;1-27(2)25-11-7-6-10-23(25)24-17-16-22(18-26(24)27)28-21-14-12-20(13-15-21)19-8-4-3-5-9-19;19-18-12-10-17(11-13-18)16-8-6-15(7-9-16)14-4-2-1-3-5-14/h9-10,15-33H,3-8,11-14H2,1-2H3;6-7,10-19,28H,3-5,8-9H2,1-2H3;6-14H,1-5H2. The van der Waals surface area contributed by atoms with E-state index < -0.39 is 0 Å². The van der Waals surface area contributed by atoms with E-state index in [2.05, 4.69) is 256 Å². The quantitative estimate of drug-likeness (QED) is 0.139. The third-order valence-electron chi connectivity index (χ3n) is 22.5. The van der Waals surface area contributed by atoms with Crippen molar-refractivity contribution in [3.05, 3.63) is 280 Å². The summed E-state index contributed by atoms with van der Waals surface area (Å²) in [6.45, 7) is 9.42. The lowest BCUT2D eigenvalue weighted by Gasteiger charge is -2.29. The Labute approximate surface area is 561 Å². The van der Waals surface area contributed by atoms with Gasteiger partial charge in [0, 0.05) is 44.3 Å². The third-order valence-corrected chi connectivity index (χ3v) is 22.8. The molecule has 10 aromatic rings. The highest BCUT2D eigenvalue weighted by atomic mass is 35.5. The van der Waals surface area contributed by atoms with Crippen molar-refractivity contribution in [3.8, 4) is 44.5 Å². The first-order chi connectivity index (χ1) is 45.5. The molecule has 0 aromatic heterocycles. The van der Waals surface area contributed by atoms with Gasteiger partial charge in [-0.1, -0.05) is 274 Å². The number of nitrogens with one attached hydrogen (secondary N) is 1. The Bertz CT molecular complexity index is 4110. The number of benzene rings is 10. The molecule has 6 aliphatic carbocycles. The van der Waals surface area contributed by atoms with Crippen LogP contribution in [-0.2, 0) is 10.8 Å². The topological polar surface area (TPSA) is 15.3 Å². The van der Waals surface area contributed by atoms with Gasteiger partial charge in [-0.05, 0) is 237 Å². The van der Waals surface area contributed by atoms with Crippen molar-refractivity contribution in [1.82, 2.24) is 0 Å². The molecule has 6 aliphatic rings. The minimum Gasteiger partial charge on any atom is -0.356 e. The summed E-state index contributed by atoms with van der Waals surface area (Å²) >= 11 is 5.93. The Kier molecular flexibility index (Phi) is 18.8. The number of hydrogen-bond donors (Lipinski definition) is 1.